The van der Waals surface area contributed by atoms with Crippen molar-refractivity contribution in [2.45, 2.75) is 43.0 Å². The van der Waals surface area contributed by atoms with Crippen LogP contribution in [-0.4, -0.2) is 16.2 Å². The van der Waals surface area contributed by atoms with E-state index in [-0.39, 0.29) is 0 Å². The molecule has 5 heteroatoms. The first-order valence-corrected chi connectivity index (χ1v) is 7.52. The fraction of sp³-hybridized carbons (Fsp3) is 0.429. The van der Waals surface area contributed by atoms with Crippen LogP contribution >= 0.6 is 11.8 Å². The predicted molar refractivity (Wildman–Crippen MR) is 74.9 cm³/mol. The zero-order valence-electron chi connectivity index (χ0n) is 10.9. The van der Waals surface area contributed by atoms with Crippen molar-refractivity contribution in [3.63, 3.8) is 0 Å². The number of benzene rings is 1. The molecule has 19 heavy (non-hydrogen) atoms. The van der Waals surface area contributed by atoms with Gasteiger partial charge >= 0.3 is 0 Å². The average Bonchev–Trinajstić information content (AvgIpc) is 3.17. The molecule has 0 aliphatic heterocycles. The van der Waals surface area contributed by atoms with Crippen LogP contribution in [0.5, 0.6) is 0 Å². The van der Waals surface area contributed by atoms with Crippen molar-refractivity contribution < 1.29 is 4.42 Å². The molecule has 1 aliphatic rings. The molecule has 0 saturated heterocycles. The summed E-state index contributed by atoms with van der Waals surface area (Å²) < 4.78 is 5.35. The Hall–Kier alpha value is -1.33. The van der Waals surface area contributed by atoms with E-state index < -0.39 is 0 Å². The van der Waals surface area contributed by atoms with Crippen molar-refractivity contribution in [3.05, 3.63) is 41.6 Å². The second-order valence-corrected chi connectivity index (χ2v) is 5.85. The van der Waals surface area contributed by atoms with E-state index in [1.807, 2.05) is 6.92 Å². The molecule has 1 aromatic heterocycles. The Labute approximate surface area is 117 Å². The Bertz CT molecular complexity index is 534. The van der Waals surface area contributed by atoms with E-state index in [1.54, 1.807) is 11.8 Å². The minimum absolute atomic E-state index is 0.622. The lowest BCUT2D eigenvalue weighted by molar-refractivity contribution is 0.485. The molecular weight excluding hydrogens is 258 g/mol. The summed E-state index contributed by atoms with van der Waals surface area (Å²) in [5, 5.41) is 11.3. The number of thioether (sulfide) groups is 1. The van der Waals surface area contributed by atoms with Gasteiger partial charge in [-0.25, -0.2) is 0 Å². The lowest BCUT2D eigenvalue weighted by atomic mass is 10.2. The highest BCUT2D eigenvalue weighted by Gasteiger charge is 2.19. The van der Waals surface area contributed by atoms with Gasteiger partial charge in [-0.05, 0) is 30.5 Å². The van der Waals surface area contributed by atoms with Crippen LogP contribution in [0.1, 0.15) is 30.2 Å². The number of aromatic nitrogens is 2. The third-order valence-corrected chi connectivity index (χ3v) is 4.02. The van der Waals surface area contributed by atoms with Crippen LogP contribution in [0, 0.1) is 6.92 Å². The minimum Gasteiger partial charge on any atom is -0.425 e. The fourth-order valence-electron chi connectivity index (χ4n) is 1.79. The molecule has 1 saturated carbocycles. The molecule has 4 nitrogen and oxygen atoms in total. The summed E-state index contributed by atoms with van der Waals surface area (Å²) >= 11 is 1.72. The summed E-state index contributed by atoms with van der Waals surface area (Å²) in [6.07, 6.45) is 2.66. The molecule has 100 valence electrons. The molecule has 1 aliphatic carbocycles. The van der Waals surface area contributed by atoms with Gasteiger partial charge in [0.05, 0.1) is 5.75 Å². The number of aryl methyl sites for hydroxylation is 1. The molecular formula is C14H17N3OS. The average molecular weight is 275 g/mol. The molecule has 0 spiro atoms. The first kappa shape index (κ1) is 12.7. The maximum atomic E-state index is 5.35. The Balaban J connectivity index is 1.50. The first-order valence-electron chi connectivity index (χ1n) is 6.54. The van der Waals surface area contributed by atoms with Crippen LogP contribution in [0.25, 0.3) is 0 Å². The van der Waals surface area contributed by atoms with Crippen LogP contribution in [0.3, 0.4) is 0 Å². The Morgan fingerprint density at radius 2 is 2.05 bits per heavy atom. The zero-order chi connectivity index (χ0) is 13.1. The van der Waals surface area contributed by atoms with Crippen LogP contribution in [-0.2, 0) is 12.3 Å². The van der Waals surface area contributed by atoms with E-state index in [4.69, 9.17) is 4.42 Å². The summed E-state index contributed by atoms with van der Waals surface area (Å²) in [7, 11) is 0. The van der Waals surface area contributed by atoms with Crippen molar-refractivity contribution in [3.8, 4) is 0 Å². The van der Waals surface area contributed by atoms with Gasteiger partial charge in [-0.2, -0.15) is 0 Å². The normalized spacial score (nSPS) is 14.8. The van der Waals surface area contributed by atoms with E-state index in [0.717, 1.165) is 18.3 Å². The number of hydrogen-bond donors (Lipinski definition) is 1. The van der Waals surface area contributed by atoms with Gasteiger partial charge in [-0.1, -0.05) is 12.1 Å². The smallest absolute Gasteiger partial charge is 0.226 e. The Kier molecular flexibility index (Phi) is 3.84. The summed E-state index contributed by atoms with van der Waals surface area (Å²) in [6, 6.07) is 9.42. The highest BCUT2D eigenvalue weighted by atomic mass is 32.2. The first-order chi connectivity index (χ1) is 9.29. The molecule has 1 fully saturated rings. The van der Waals surface area contributed by atoms with Crippen molar-refractivity contribution in [2.24, 2.45) is 0 Å². The molecule has 1 heterocycles. The topological polar surface area (TPSA) is 51.0 Å². The highest BCUT2D eigenvalue weighted by Crippen LogP contribution is 2.23. The number of rotatable bonds is 6. The minimum atomic E-state index is 0.622. The van der Waals surface area contributed by atoms with Crippen molar-refractivity contribution in [1.82, 2.24) is 15.5 Å². The van der Waals surface area contributed by atoms with Crippen molar-refractivity contribution in [2.75, 3.05) is 0 Å². The van der Waals surface area contributed by atoms with Gasteiger partial charge in [-0.15, -0.1) is 22.0 Å². The molecule has 0 radical (unpaired) electrons. The molecule has 0 bridgehead atoms. The summed E-state index contributed by atoms with van der Waals surface area (Å²) in [5.41, 5.74) is 1.34. The molecule has 0 amide bonds. The van der Waals surface area contributed by atoms with Crippen molar-refractivity contribution >= 4 is 11.8 Å². The molecule has 3 rings (SSSR count). The van der Waals surface area contributed by atoms with Crippen LogP contribution < -0.4 is 5.32 Å². The lowest BCUT2D eigenvalue weighted by Gasteiger charge is -2.04. The van der Waals surface area contributed by atoms with Gasteiger partial charge in [0.2, 0.25) is 11.8 Å². The molecule has 0 atom stereocenters. The van der Waals surface area contributed by atoms with Crippen molar-refractivity contribution in [1.29, 1.82) is 0 Å². The van der Waals surface area contributed by atoms with E-state index in [0.29, 0.717) is 11.8 Å². The standard InChI is InChI=1S/C14H17N3OS/c1-10-16-17-14(18-10)9-19-13-6-2-11(3-7-13)8-15-12-4-5-12/h2-3,6-7,12,15H,4-5,8-9H2,1H3. The van der Waals surface area contributed by atoms with Crippen LogP contribution in [0.4, 0.5) is 0 Å². The van der Waals surface area contributed by atoms with E-state index in [2.05, 4.69) is 39.8 Å². The zero-order valence-corrected chi connectivity index (χ0v) is 11.7. The summed E-state index contributed by atoms with van der Waals surface area (Å²) in [5.74, 6) is 2.03. The van der Waals surface area contributed by atoms with Gasteiger partial charge in [-0.3, -0.25) is 0 Å². The third kappa shape index (κ3) is 3.81. The maximum absolute atomic E-state index is 5.35. The van der Waals surface area contributed by atoms with E-state index >= 15 is 0 Å². The molecule has 1 N–H and O–H groups in total. The summed E-state index contributed by atoms with van der Waals surface area (Å²) in [4.78, 5) is 1.23. The quantitative estimate of drug-likeness (QED) is 0.821. The molecule has 1 aromatic carbocycles. The number of nitrogens with zero attached hydrogens (tertiary/aromatic N) is 2. The molecule has 0 unspecified atom stereocenters. The molecule has 2 aromatic rings. The van der Waals surface area contributed by atoms with Gasteiger partial charge in [0.15, 0.2) is 0 Å². The maximum Gasteiger partial charge on any atom is 0.226 e. The van der Waals surface area contributed by atoms with Gasteiger partial charge < -0.3 is 9.73 Å². The fourth-order valence-corrected chi connectivity index (χ4v) is 2.53. The second kappa shape index (κ2) is 5.75. The SMILES string of the molecule is Cc1nnc(CSc2ccc(CNC3CC3)cc2)o1. The van der Waals surface area contributed by atoms with Crippen LogP contribution in [0.15, 0.2) is 33.6 Å². The van der Waals surface area contributed by atoms with Gasteiger partial charge in [0.25, 0.3) is 0 Å². The van der Waals surface area contributed by atoms with Crippen LogP contribution in [0.2, 0.25) is 0 Å². The predicted octanol–water partition coefficient (Wildman–Crippen LogP) is 2.92. The Morgan fingerprint density at radius 3 is 2.68 bits per heavy atom. The van der Waals surface area contributed by atoms with Gasteiger partial charge in [0.1, 0.15) is 0 Å². The number of nitrogens with one attached hydrogen (secondary N) is 1. The highest BCUT2D eigenvalue weighted by molar-refractivity contribution is 7.98. The van der Waals surface area contributed by atoms with E-state index in [9.17, 15) is 0 Å². The summed E-state index contributed by atoms with van der Waals surface area (Å²) in [6.45, 7) is 2.78. The largest absolute Gasteiger partial charge is 0.425 e. The number of hydrogen-bond acceptors (Lipinski definition) is 5. The Morgan fingerprint density at radius 1 is 1.26 bits per heavy atom. The monoisotopic (exact) mass is 275 g/mol. The lowest BCUT2D eigenvalue weighted by Crippen LogP contribution is -2.14. The second-order valence-electron chi connectivity index (χ2n) is 4.80. The van der Waals surface area contributed by atoms with Gasteiger partial charge in [0, 0.05) is 24.4 Å². The third-order valence-electron chi connectivity index (χ3n) is 3.03. The van der Waals surface area contributed by atoms with E-state index in [1.165, 1.54) is 23.3 Å².